The van der Waals surface area contributed by atoms with Crippen LogP contribution in [0.1, 0.15) is 11.1 Å². The van der Waals surface area contributed by atoms with Gasteiger partial charge in [-0.2, -0.15) is 0 Å². The van der Waals surface area contributed by atoms with Crippen LogP contribution in [0, 0.1) is 0 Å². The number of hydrogen-bond acceptors (Lipinski definition) is 7. The van der Waals surface area contributed by atoms with Gasteiger partial charge in [-0.05, 0) is 42.0 Å². The van der Waals surface area contributed by atoms with Crippen molar-refractivity contribution in [1.82, 2.24) is 9.80 Å². The molecule has 0 unspecified atom stereocenters. The fourth-order valence-corrected chi connectivity index (χ4v) is 4.77. The molecule has 1 aliphatic heterocycles. The van der Waals surface area contributed by atoms with Gasteiger partial charge in [-0.1, -0.05) is 30.3 Å². The number of ether oxygens (including phenoxy) is 2. The van der Waals surface area contributed by atoms with Crippen LogP contribution in [0.2, 0.25) is 0 Å². The van der Waals surface area contributed by atoms with Crippen molar-refractivity contribution in [3.8, 4) is 28.4 Å². The van der Waals surface area contributed by atoms with E-state index in [0.717, 1.165) is 38.1 Å². The Kier molecular flexibility index (Phi) is 6.93. The summed E-state index contributed by atoms with van der Waals surface area (Å²) in [5.74, 6) is 1.29. The Morgan fingerprint density at radius 2 is 1.56 bits per heavy atom. The lowest BCUT2D eigenvalue weighted by Crippen LogP contribution is -2.45. The maximum absolute atomic E-state index is 13.1. The molecule has 7 nitrogen and oxygen atoms in total. The van der Waals surface area contributed by atoms with Crippen LogP contribution in [0.5, 0.6) is 17.2 Å². The minimum absolute atomic E-state index is 0.129. The van der Waals surface area contributed by atoms with Gasteiger partial charge in [-0.25, -0.2) is 4.79 Å². The van der Waals surface area contributed by atoms with E-state index in [4.69, 9.17) is 13.9 Å². The third-order valence-corrected chi connectivity index (χ3v) is 6.77. The Hall–Kier alpha value is -3.81. The zero-order valence-corrected chi connectivity index (χ0v) is 20.6. The number of phenolic OH excluding ortho intramolecular Hbond substituents is 1. The van der Waals surface area contributed by atoms with Crippen molar-refractivity contribution in [2.45, 2.75) is 13.1 Å². The van der Waals surface area contributed by atoms with Gasteiger partial charge in [0.15, 0.2) is 0 Å². The summed E-state index contributed by atoms with van der Waals surface area (Å²) >= 11 is 0. The molecule has 0 amide bonds. The van der Waals surface area contributed by atoms with E-state index in [2.05, 4.69) is 34.1 Å². The lowest BCUT2D eigenvalue weighted by molar-refractivity contribution is 0.121. The third-order valence-electron chi connectivity index (χ3n) is 6.77. The van der Waals surface area contributed by atoms with Gasteiger partial charge in [-0.15, -0.1) is 0 Å². The van der Waals surface area contributed by atoms with E-state index in [9.17, 15) is 9.90 Å². The number of methoxy groups -OCH3 is 2. The molecule has 1 aliphatic rings. The average molecular weight is 487 g/mol. The van der Waals surface area contributed by atoms with Gasteiger partial charge in [0.25, 0.3) is 0 Å². The van der Waals surface area contributed by atoms with Crippen LogP contribution in [0.3, 0.4) is 0 Å². The summed E-state index contributed by atoms with van der Waals surface area (Å²) in [7, 11) is 3.13. The van der Waals surface area contributed by atoms with Gasteiger partial charge < -0.3 is 19.0 Å². The number of rotatable bonds is 7. The van der Waals surface area contributed by atoms with Crippen LogP contribution >= 0.6 is 0 Å². The highest BCUT2D eigenvalue weighted by molar-refractivity contribution is 5.87. The number of benzene rings is 3. The Labute approximate surface area is 210 Å². The molecular formula is C29H30N2O5. The molecule has 1 N–H and O–H groups in total. The second-order valence-electron chi connectivity index (χ2n) is 9.03. The molecule has 0 aliphatic carbocycles. The predicted molar refractivity (Wildman–Crippen MR) is 140 cm³/mol. The number of aromatic hydroxyl groups is 1. The minimum atomic E-state index is -0.492. The van der Waals surface area contributed by atoms with Gasteiger partial charge >= 0.3 is 5.63 Å². The van der Waals surface area contributed by atoms with Crippen molar-refractivity contribution in [1.29, 1.82) is 0 Å². The number of piperazine rings is 1. The van der Waals surface area contributed by atoms with Crippen molar-refractivity contribution in [3.63, 3.8) is 0 Å². The number of fused-ring (bicyclic) bond motifs is 1. The SMILES string of the molecule is COc1ccc(OC)c(-c2cc3ccc(O)c(CN4CCN(Cc5ccccc5)CC4)c3oc2=O)c1. The highest BCUT2D eigenvalue weighted by atomic mass is 16.5. The fraction of sp³-hybridized carbons (Fsp3) is 0.276. The minimum Gasteiger partial charge on any atom is -0.507 e. The van der Waals surface area contributed by atoms with E-state index in [-0.39, 0.29) is 5.75 Å². The van der Waals surface area contributed by atoms with E-state index >= 15 is 0 Å². The van der Waals surface area contributed by atoms with E-state index in [1.54, 1.807) is 50.6 Å². The third kappa shape index (κ3) is 4.94. The van der Waals surface area contributed by atoms with E-state index < -0.39 is 5.63 Å². The zero-order chi connectivity index (χ0) is 25.1. The van der Waals surface area contributed by atoms with Crippen LogP contribution < -0.4 is 15.1 Å². The smallest absolute Gasteiger partial charge is 0.344 e. The summed E-state index contributed by atoms with van der Waals surface area (Å²) in [6.07, 6.45) is 0. The summed E-state index contributed by atoms with van der Waals surface area (Å²) in [6, 6.07) is 21.0. The molecule has 3 aromatic carbocycles. The molecular weight excluding hydrogens is 456 g/mol. The molecule has 4 aromatic rings. The first kappa shape index (κ1) is 23.9. The molecule has 0 atom stereocenters. The maximum atomic E-state index is 13.1. The van der Waals surface area contributed by atoms with Crippen LogP contribution in [0.15, 0.2) is 75.9 Å². The Bertz CT molecular complexity index is 1410. The van der Waals surface area contributed by atoms with Crippen molar-refractivity contribution in [3.05, 3.63) is 88.3 Å². The molecule has 0 radical (unpaired) electrons. The molecule has 2 heterocycles. The largest absolute Gasteiger partial charge is 0.507 e. The van der Waals surface area contributed by atoms with Crippen molar-refractivity contribution in [2.75, 3.05) is 40.4 Å². The van der Waals surface area contributed by atoms with Crippen LogP contribution in [0.4, 0.5) is 0 Å². The molecule has 1 aromatic heterocycles. The first-order valence-corrected chi connectivity index (χ1v) is 12.1. The highest BCUT2D eigenvalue weighted by Crippen LogP contribution is 2.35. The van der Waals surface area contributed by atoms with E-state index in [1.165, 1.54) is 5.56 Å². The second kappa shape index (κ2) is 10.4. The second-order valence-corrected chi connectivity index (χ2v) is 9.03. The molecule has 1 saturated heterocycles. The fourth-order valence-electron chi connectivity index (χ4n) is 4.77. The molecule has 0 bridgehead atoms. The Balaban J connectivity index is 1.39. The van der Waals surface area contributed by atoms with Gasteiger partial charge in [0, 0.05) is 50.2 Å². The predicted octanol–water partition coefficient (Wildman–Crippen LogP) is 4.50. The first-order chi connectivity index (χ1) is 17.6. The van der Waals surface area contributed by atoms with Gasteiger partial charge in [0.2, 0.25) is 0 Å². The van der Waals surface area contributed by atoms with Gasteiger partial charge in [-0.3, -0.25) is 9.80 Å². The van der Waals surface area contributed by atoms with E-state index in [0.29, 0.717) is 40.3 Å². The molecule has 36 heavy (non-hydrogen) atoms. The first-order valence-electron chi connectivity index (χ1n) is 12.1. The highest BCUT2D eigenvalue weighted by Gasteiger charge is 2.21. The summed E-state index contributed by atoms with van der Waals surface area (Å²) in [5, 5.41) is 11.4. The van der Waals surface area contributed by atoms with E-state index in [1.807, 2.05) is 6.07 Å². The average Bonchev–Trinajstić information content (AvgIpc) is 2.91. The van der Waals surface area contributed by atoms with Crippen LogP contribution in [-0.2, 0) is 13.1 Å². The molecule has 0 spiro atoms. The van der Waals surface area contributed by atoms with Gasteiger partial charge in [0.1, 0.15) is 22.8 Å². The number of phenols is 1. The summed E-state index contributed by atoms with van der Waals surface area (Å²) in [6.45, 7) is 5.04. The molecule has 5 rings (SSSR count). The van der Waals surface area contributed by atoms with Gasteiger partial charge in [0.05, 0.1) is 25.3 Å². The molecule has 1 fully saturated rings. The molecule has 0 saturated carbocycles. The quantitative estimate of drug-likeness (QED) is 0.386. The molecule has 7 heteroatoms. The van der Waals surface area contributed by atoms with Crippen molar-refractivity contribution >= 4 is 11.0 Å². The summed E-state index contributed by atoms with van der Waals surface area (Å²) in [4.78, 5) is 17.8. The van der Waals surface area contributed by atoms with Crippen molar-refractivity contribution < 1.29 is 19.0 Å². The number of nitrogens with zero attached hydrogens (tertiary/aromatic N) is 2. The zero-order valence-electron chi connectivity index (χ0n) is 20.6. The van der Waals surface area contributed by atoms with Crippen molar-refractivity contribution in [2.24, 2.45) is 0 Å². The lowest BCUT2D eigenvalue weighted by Gasteiger charge is -2.34. The normalized spacial score (nSPS) is 14.7. The Morgan fingerprint density at radius 1 is 0.833 bits per heavy atom. The van der Waals surface area contributed by atoms with Crippen LogP contribution in [0.25, 0.3) is 22.1 Å². The summed E-state index contributed by atoms with van der Waals surface area (Å²) < 4.78 is 16.6. The molecule has 186 valence electrons. The Morgan fingerprint density at radius 3 is 2.25 bits per heavy atom. The lowest BCUT2D eigenvalue weighted by atomic mass is 10.0. The standard InChI is InChI=1S/C29H30N2O5/c1-34-22-9-11-27(35-2)23(17-22)24-16-21-8-10-26(32)25(28(21)36-29(24)33)19-31-14-12-30(13-15-31)18-20-6-4-3-5-7-20/h3-11,16-17,32H,12-15,18-19H2,1-2H3. The number of hydrogen-bond donors (Lipinski definition) is 1. The summed E-state index contributed by atoms with van der Waals surface area (Å²) in [5.41, 5.74) is 2.83. The monoisotopic (exact) mass is 486 g/mol. The van der Waals surface area contributed by atoms with Crippen LogP contribution in [-0.4, -0.2) is 55.3 Å². The topological polar surface area (TPSA) is 75.4 Å². The maximum Gasteiger partial charge on any atom is 0.344 e.